The lowest BCUT2D eigenvalue weighted by molar-refractivity contribution is 0.363. The Morgan fingerprint density at radius 2 is 2.25 bits per heavy atom. The molecule has 0 saturated heterocycles. The number of thiophene rings is 1. The largest absolute Gasteiger partial charge is 0.457 e. The normalized spacial score (nSPS) is 13.0. The zero-order valence-corrected chi connectivity index (χ0v) is 7.26. The number of allylic oxidation sites excluding steroid dienone is 1. The Bertz CT molecular complexity index is 325. The first-order valence-electron chi connectivity index (χ1n) is 3.61. The van der Waals surface area contributed by atoms with Crippen molar-refractivity contribution >= 4 is 11.3 Å². The second-order valence-electron chi connectivity index (χ2n) is 2.35. The van der Waals surface area contributed by atoms with Crippen LogP contribution in [-0.4, -0.2) is 0 Å². The van der Waals surface area contributed by atoms with Gasteiger partial charge < -0.3 is 9.47 Å². The molecule has 12 heavy (non-hydrogen) atoms. The highest BCUT2D eigenvalue weighted by Crippen LogP contribution is 2.39. The van der Waals surface area contributed by atoms with Crippen molar-refractivity contribution in [3.8, 4) is 11.5 Å². The molecule has 2 rings (SSSR count). The zero-order chi connectivity index (χ0) is 8.39. The molecule has 0 bridgehead atoms. The summed E-state index contributed by atoms with van der Waals surface area (Å²) in [7, 11) is 0. The molecule has 0 spiro atoms. The Morgan fingerprint density at radius 1 is 1.42 bits per heavy atom. The van der Waals surface area contributed by atoms with E-state index in [-0.39, 0.29) is 0 Å². The maximum atomic E-state index is 5.30. The Hall–Kier alpha value is -1.22. The van der Waals surface area contributed by atoms with Crippen LogP contribution in [0.5, 0.6) is 11.5 Å². The number of ether oxygens (including phenoxy) is 2. The van der Waals surface area contributed by atoms with E-state index in [9.17, 15) is 0 Å². The van der Waals surface area contributed by atoms with Crippen molar-refractivity contribution in [3.63, 3.8) is 0 Å². The lowest BCUT2D eigenvalue weighted by atomic mass is 10.3. The zero-order valence-electron chi connectivity index (χ0n) is 6.45. The topological polar surface area (TPSA) is 18.5 Å². The van der Waals surface area contributed by atoms with E-state index in [1.165, 1.54) is 6.26 Å². The second kappa shape index (κ2) is 3.03. The van der Waals surface area contributed by atoms with Crippen molar-refractivity contribution in [3.05, 3.63) is 35.4 Å². The molecule has 0 N–H and O–H groups in total. The molecule has 0 radical (unpaired) electrons. The number of hydrogen-bond donors (Lipinski definition) is 0. The van der Waals surface area contributed by atoms with Gasteiger partial charge in [0.05, 0.1) is 4.88 Å². The van der Waals surface area contributed by atoms with Crippen LogP contribution in [0.4, 0.5) is 0 Å². The van der Waals surface area contributed by atoms with E-state index in [0.29, 0.717) is 0 Å². The van der Waals surface area contributed by atoms with Crippen molar-refractivity contribution in [2.24, 2.45) is 0 Å². The van der Waals surface area contributed by atoms with Crippen molar-refractivity contribution in [2.45, 2.75) is 6.42 Å². The van der Waals surface area contributed by atoms with Crippen LogP contribution in [-0.2, 0) is 6.42 Å². The first kappa shape index (κ1) is 7.43. The minimum Gasteiger partial charge on any atom is -0.457 e. The van der Waals surface area contributed by atoms with Gasteiger partial charge in [0.2, 0.25) is 0 Å². The van der Waals surface area contributed by atoms with Crippen LogP contribution in [0.3, 0.4) is 0 Å². The molecule has 2 nitrogen and oxygen atoms in total. The van der Waals surface area contributed by atoms with E-state index in [4.69, 9.17) is 9.47 Å². The highest BCUT2D eigenvalue weighted by Gasteiger charge is 2.14. The van der Waals surface area contributed by atoms with Gasteiger partial charge in [0.25, 0.3) is 0 Å². The highest BCUT2D eigenvalue weighted by atomic mass is 32.1. The Balaban J connectivity index is 2.34. The fourth-order valence-corrected chi connectivity index (χ4v) is 1.92. The summed E-state index contributed by atoms with van der Waals surface area (Å²) in [6.07, 6.45) is 5.76. The number of rotatable bonds is 2. The van der Waals surface area contributed by atoms with E-state index in [2.05, 4.69) is 6.58 Å². The molecule has 2 heterocycles. The predicted molar refractivity (Wildman–Crippen MR) is 48.6 cm³/mol. The molecule has 1 aromatic rings. The minimum atomic E-state index is 0.805. The van der Waals surface area contributed by atoms with E-state index < -0.39 is 0 Å². The second-order valence-corrected chi connectivity index (χ2v) is 3.32. The first-order valence-corrected chi connectivity index (χ1v) is 4.49. The molecule has 0 fully saturated rings. The molecule has 0 saturated carbocycles. The fraction of sp³-hybridized carbons (Fsp3) is 0.111. The maximum Gasteiger partial charge on any atom is 0.183 e. The van der Waals surface area contributed by atoms with Gasteiger partial charge in [-0.3, -0.25) is 0 Å². The minimum absolute atomic E-state index is 0.805. The first-order chi connectivity index (χ1) is 5.92. The third-order valence-electron chi connectivity index (χ3n) is 1.55. The van der Waals surface area contributed by atoms with Crippen LogP contribution in [0.1, 0.15) is 4.88 Å². The maximum absolute atomic E-state index is 5.30. The van der Waals surface area contributed by atoms with E-state index >= 15 is 0 Å². The van der Waals surface area contributed by atoms with Crippen molar-refractivity contribution < 1.29 is 9.47 Å². The highest BCUT2D eigenvalue weighted by molar-refractivity contribution is 7.10. The summed E-state index contributed by atoms with van der Waals surface area (Å²) in [5, 5.41) is 1.94. The molecule has 0 aliphatic carbocycles. The summed E-state index contributed by atoms with van der Waals surface area (Å²) >= 11 is 1.63. The van der Waals surface area contributed by atoms with Crippen LogP contribution in [0.15, 0.2) is 30.6 Å². The molecule has 0 unspecified atom stereocenters. The van der Waals surface area contributed by atoms with Crippen LogP contribution >= 0.6 is 11.3 Å². The fourth-order valence-electron chi connectivity index (χ4n) is 1.04. The summed E-state index contributed by atoms with van der Waals surface area (Å²) in [5.41, 5.74) is 0. The standard InChI is InChI=1S/C9H8O2S/c1-2-3-8-9-7(6-12-8)10-4-5-11-9/h2,4-6H,1,3H2. The Kier molecular flexibility index (Phi) is 1.87. The van der Waals surface area contributed by atoms with Crippen molar-refractivity contribution in [2.75, 3.05) is 0 Å². The van der Waals surface area contributed by atoms with Gasteiger partial charge in [-0.05, 0) is 0 Å². The molecule has 1 aromatic heterocycles. The smallest absolute Gasteiger partial charge is 0.183 e. The van der Waals surface area contributed by atoms with E-state index in [0.717, 1.165) is 22.8 Å². The molecular formula is C9H8O2S. The molecule has 62 valence electrons. The molecule has 0 amide bonds. The number of hydrogen-bond acceptors (Lipinski definition) is 3. The molecule has 3 heteroatoms. The Morgan fingerprint density at radius 3 is 3.08 bits per heavy atom. The molecule has 0 aromatic carbocycles. The van der Waals surface area contributed by atoms with Gasteiger partial charge in [-0.25, -0.2) is 0 Å². The summed E-state index contributed by atoms with van der Waals surface area (Å²) in [5.74, 6) is 1.64. The van der Waals surface area contributed by atoms with Crippen LogP contribution in [0.2, 0.25) is 0 Å². The van der Waals surface area contributed by atoms with E-state index in [1.807, 2.05) is 11.5 Å². The SMILES string of the molecule is C=CCc1scc2c1OC=CO2. The summed E-state index contributed by atoms with van der Waals surface area (Å²) in [6.45, 7) is 3.68. The number of fused-ring (bicyclic) bond motifs is 1. The average Bonchev–Trinajstić information content (AvgIpc) is 2.50. The predicted octanol–water partition coefficient (Wildman–Crippen LogP) is 2.72. The third kappa shape index (κ3) is 1.12. The van der Waals surface area contributed by atoms with Gasteiger partial charge in [-0.1, -0.05) is 6.08 Å². The average molecular weight is 180 g/mol. The molecular weight excluding hydrogens is 172 g/mol. The van der Waals surface area contributed by atoms with Gasteiger partial charge in [0, 0.05) is 11.8 Å². The van der Waals surface area contributed by atoms with Gasteiger partial charge in [0.15, 0.2) is 11.5 Å². The molecule has 0 atom stereocenters. The monoisotopic (exact) mass is 180 g/mol. The van der Waals surface area contributed by atoms with Gasteiger partial charge in [-0.15, -0.1) is 17.9 Å². The van der Waals surface area contributed by atoms with Gasteiger partial charge >= 0.3 is 0 Å². The summed E-state index contributed by atoms with van der Waals surface area (Å²) in [4.78, 5) is 1.16. The summed E-state index contributed by atoms with van der Waals surface area (Å²) < 4.78 is 10.5. The van der Waals surface area contributed by atoms with Gasteiger partial charge in [0.1, 0.15) is 12.5 Å². The van der Waals surface area contributed by atoms with E-state index in [1.54, 1.807) is 17.6 Å². The molecule has 1 aliphatic rings. The molecule has 1 aliphatic heterocycles. The van der Waals surface area contributed by atoms with Crippen LogP contribution < -0.4 is 9.47 Å². The lowest BCUT2D eigenvalue weighted by Crippen LogP contribution is -1.94. The van der Waals surface area contributed by atoms with Crippen LogP contribution in [0, 0.1) is 0 Å². The van der Waals surface area contributed by atoms with Gasteiger partial charge in [-0.2, -0.15) is 0 Å². The summed E-state index contributed by atoms with van der Waals surface area (Å²) in [6, 6.07) is 0. The lowest BCUT2D eigenvalue weighted by Gasteiger charge is -2.08. The van der Waals surface area contributed by atoms with Crippen molar-refractivity contribution in [1.29, 1.82) is 0 Å². The quantitative estimate of drug-likeness (QED) is 0.651. The van der Waals surface area contributed by atoms with Crippen molar-refractivity contribution in [1.82, 2.24) is 0 Å². The Labute approximate surface area is 74.7 Å². The third-order valence-corrected chi connectivity index (χ3v) is 2.52. The van der Waals surface area contributed by atoms with Crippen LogP contribution in [0.25, 0.3) is 0 Å².